The zero-order valence-electron chi connectivity index (χ0n) is 16.2. The van der Waals surface area contributed by atoms with E-state index in [4.69, 9.17) is 14.2 Å². The van der Waals surface area contributed by atoms with Crippen molar-refractivity contribution in [3.63, 3.8) is 0 Å². The van der Waals surface area contributed by atoms with Gasteiger partial charge in [-0.15, -0.1) is 0 Å². The van der Waals surface area contributed by atoms with Gasteiger partial charge < -0.3 is 24.6 Å². The highest BCUT2D eigenvalue weighted by molar-refractivity contribution is 5.54. The molecular formula is C21H29NO4. The number of hydrogen-bond donors (Lipinski definition) is 2. The van der Waals surface area contributed by atoms with Gasteiger partial charge in [0.25, 0.3) is 0 Å². The number of benzene rings is 2. The normalized spacial score (nSPS) is 13.1. The predicted octanol–water partition coefficient (Wildman–Crippen LogP) is 4.09. The number of phenolic OH excluding ortho intramolecular Hbond substituents is 1. The zero-order chi connectivity index (χ0) is 19.1. The number of aryl methyl sites for hydroxylation is 1. The van der Waals surface area contributed by atoms with Crippen molar-refractivity contribution in [2.24, 2.45) is 0 Å². The molecule has 0 saturated heterocycles. The van der Waals surface area contributed by atoms with Gasteiger partial charge in [-0.3, -0.25) is 0 Å². The molecule has 2 unspecified atom stereocenters. The Labute approximate surface area is 155 Å². The summed E-state index contributed by atoms with van der Waals surface area (Å²) in [4.78, 5) is 0. The second kappa shape index (κ2) is 9.34. The first kappa shape index (κ1) is 19.9. The van der Waals surface area contributed by atoms with Crippen LogP contribution in [0.15, 0.2) is 36.4 Å². The summed E-state index contributed by atoms with van der Waals surface area (Å²) < 4.78 is 16.3. The minimum atomic E-state index is 0.138. The van der Waals surface area contributed by atoms with Crippen molar-refractivity contribution in [3.8, 4) is 23.0 Å². The third-order valence-electron chi connectivity index (χ3n) is 4.52. The molecule has 0 aliphatic heterocycles. The molecule has 0 aromatic heterocycles. The summed E-state index contributed by atoms with van der Waals surface area (Å²) in [5.41, 5.74) is 2.30. The summed E-state index contributed by atoms with van der Waals surface area (Å²) in [6.07, 6.45) is 1.95. The van der Waals surface area contributed by atoms with Gasteiger partial charge in [0.1, 0.15) is 5.75 Å². The molecule has 0 fully saturated rings. The molecule has 142 valence electrons. The zero-order valence-corrected chi connectivity index (χ0v) is 16.2. The molecule has 2 aromatic rings. The molecule has 0 heterocycles. The van der Waals surface area contributed by atoms with Crippen LogP contribution in [-0.2, 0) is 6.42 Å². The number of aromatic hydroxyl groups is 1. The Balaban J connectivity index is 2.01. The maximum Gasteiger partial charge on any atom is 0.203 e. The topological polar surface area (TPSA) is 60.0 Å². The Morgan fingerprint density at radius 2 is 1.50 bits per heavy atom. The minimum Gasteiger partial charge on any atom is -0.508 e. The second-order valence-electron chi connectivity index (χ2n) is 6.45. The van der Waals surface area contributed by atoms with E-state index in [0.717, 1.165) is 18.4 Å². The molecule has 0 aliphatic rings. The first-order valence-corrected chi connectivity index (χ1v) is 8.82. The Morgan fingerprint density at radius 3 is 2.00 bits per heavy atom. The fourth-order valence-corrected chi connectivity index (χ4v) is 3.00. The molecule has 2 aromatic carbocycles. The van der Waals surface area contributed by atoms with Gasteiger partial charge in [-0.2, -0.15) is 0 Å². The molecule has 2 N–H and O–H groups in total. The van der Waals surface area contributed by atoms with Crippen LogP contribution in [0, 0.1) is 0 Å². The van der Waals surface area contributed by atoms with Crippen molar-refractivity contribution in [1.29, 1.82) is 0 Å². The molecule has 2 rings (SSSR count). The lowest BCUT2D eigenvalue weighted by Crippen LogP contribution is -2.29. The van der Waals surface area contributed by atoms with Gasteiger partial charge in [0, 0.05) is 12.1 Å². The van der Waals surface area contributed by atoms with Gasteiger partial charge in [-0.05, 0) is 62.1 Å². The number of ether oxygens (including phenoxy) is 3. The van der Waals surface area contributed by atoms with E-state index in [1.165, 1.54) is 5.56 Å². The number of hydrogen-bond acceptors (Lipinski definition) is 5. The molecular weight excluding hydrogens is 330 g/mol. The van der Waals surface area contributed by atoms with Crippen LogP contribution in [0.3, 0.4) is 0 Å². The van der Waals surface area contributed by atoms with Crippen molar-refractivity contribution >= 4 is 0 Å². The smallest absolute Gasteiger partial charge is 0.203 e. The number of nitrogens with one attached hydrogen (secondary N) is 1. The Bertz CT molecular complexity index is 675. The number of rotatable bonds is 9. The SMILES string of the molecule is COc1cc(C(C)NC(C)CCc2ccc(O)cc2)cc(OC)c1OC. The van der Waals surface area contributed by atoms with Crippen molar-refractivity contribution in [2.45, 2.75) is 38.8 Å². The van der Waals surface area contributed by atoms with Gasteiger partial charge in [-0.25, -0.2) is 0 Å². The van der Waals surface area contributed by atoms with E-state index in [0.29, 0.717) is 29.0 Å². The van der Waals surface area contributed by atoms with Crippen LogP contribution < -0.4 is 19.5 Å². The minimum absolute atomic E-state index is 0.138. The molecule has 0 saturated carbocycles. The third kappa shape index (κ3) is 5.05. The summed E-state index contributed by atoms with van der Waals surface area (Å²) in [5, 5.41) is 13.0. The summed E-state index contributed by atoms with van der Waals surface area (Å²) in [5.74, 6) is 2.22. The summed E-state index contributed by atoms with van der Waals surface area (Å²) >= 11 is 0. The van der Waals surface area contributed by atoms with E-state index in [2.05, 4.69) is 19.2 Å². The van der Waals surface area contributed by atoms with Crippen LogP contribution in [0.1, 0.15) is 37.4 Å². The maximum absolute atomic E-state index is 9.36. The van der Waals surface area contributed by atoms with Crippen molar-refractivity contribution < 1.29 is 19.3 Å². The summed E-state index contributed by atoms with van der Waals surface area (Å²) in [6, 6.07) is 11.8. The van der Waals surface area contributed by atoms with Crippen LogP contribution in [-0.4, -0.2) is 32.5 Å². The van der Waals surface area contributed by atoms with Crippen LogP contribution in [0.4, 0.5) is 0 Å². The molecule has 5 nitrogen and oxygen atoms in total. The average Bonchev–Trinajstić information content (AvgIpc) is 2.66. The second-order valence-corrected chi connectivity index (χ2v) is 6.45. The van der Waals surface area contributed by atoms with Gasteiger partial charge >= 0.3 is 0 Å². The molecule has 0 spiro atoms. The van der Waals surface area contributed by atoms with Crippen LogP contribution in [0.25, 0.3) is 0 Å². The first-order valence-electron chi connectivity index (χ1n) is 8.82. The number of methoxy groups -OCH3 is 3. The van der Waals surface area contributed by atoms with Crippen molar-refractivity contribution in [3.05, 3.63) is 47.5 Å². The molecule has 0 aliphatic carbocycles. The largest absolute Gasteiger partial charge is 0.508 e. The van der Waals surface area contributed by atoms with Crippen LogP contribution in [0.5, 0.6) is 23.0 Å². The number of phenols is 1. The van der Waals surface area contributed by atoms with Crippen LogP contribution >= 0.6 is 0 Å². The summed E-state index contributed by atoms with van der Waals surface area (Å²) in [7, 11) is 4.85. The molecule has 0 radical (unpaired) electrons. The fraction of sp³-hybridized carbons (Fsp3) is 0.429. The van der Waals surface area contributed by atoms with Gasteiger partial charge in [0.2, 0.25) is 5.75 Å². The first-order chi connectivity index (χ1) is 12.5. The summed E-state index contributed by atoms with van der Waals surface area (Å²) in [6.45, 7) is 4.30. The van der Waals surface area contributed by atoms with Gasteiger partial charge in [0.05, 0.1) is 21.3 Å². The highest BCUT2D eigenvalue weighted by Gasteiger charge is 2.17. The van der Waals surface area contributed by atoms with E-state index in [1.54, 1.807) is 33.5 Å². The lowest BCUT2D eigenvalue weighted by molar-refractivity contribution is 0.322. The average molecular weight is 359 g/mol. The molecule has 0 bridgehead atoms. The highest BCUT2D eigenvalue weighted by atomic mass is 16.5. The molecule has 26 heavy (non-hydrogen) atoms. The van der Waals surface area contributed by atoms with E-state index in [9.17, 15) is 5.11 Å². The Kier molecular flexibility index (Phi) is 7.16. The van der Waals surface area contributed by atoms with Gasteiger partial charge in [-0.1, -0.05) is 12.1 Å². The molecule has 0 amide bonds. The van der Waals surface area contributed by atoms with Gasteiger partial charge in [0.15, 0.2) is 11.5 Å². The fourth-order valence-electron chi connectivity index (χ4n) is 3.00. The van der Waals surface area contributed by atoms with E-state index in [1.807, 2.05) is 24.3 Å². The highest BCUT2D eigenvalue weighted by Crippen LogP contribution is 2.39. The third-order valence-corrected chi connectivity index (χ3v) is 4.52. The lowest BCUT2D eigenvalue weighted by Gasteiger charge is -2.22. The van der Waals surface area contributed by atoms with Crippen molar-refractivity contribution in [1.82, 2.24) is 5.32 Å². The van der Waals surface area contributed by atoms with E-state index < -0.39 is 0 Å². The maximum atomic E-state index is 9.36. The molecule has 2 atom stereocenters. The van der Waals surface area contributed by atoms with E-state index in [-0.39, 0.29) is 6.04 Å². The molecule has 5 heteroatoms. The Morgan fingerprint density at radius 1 is 0.923 bits per heavy atom. The lowest BCUT2D eigenvalue weighted by atomic mass is 10.0. The Hall–Kier alpha value is -2.40. The quantitative estimate of drug-likeness (QED) is 0.706. The van der Waals surface area contributed by atoms with E-state index >= 15 is 0 Å². The standard InChI is InChI=1S/C21H29NO4/c1-14(6-7-16-8-10-18(23)11-9-16)22-15(2)17-12-19(24-3)21(26-5)20(13-17)25-4/h8-15,22-23H,6-7H2,1-5H3. The monoisotopic (exact) mass is 359 g/mol. The van der Waals surface area contributed by atoms with Crippen molar-refractivity contribution in [2.75, 3.05) is 21.3 Å². The predicted molar refractivity (Wildman–Crippen MR) is 104 cm³/mol. The van der Waals surface area contributed by atoms with Crippen LogP contribution in [0.2, 0.25) is 0 Å².